The quantitative estimate of drug-likeness (QED) is 0.809. The zero-order valence-electron chi connectivity index (χ0n) is 11.5. The zero-order valence-corrected chi connectivity index (χ0v) is 12.2. The molecule has 0 N–H and O–H groups in total. The first-order chi connectivity index (χ1) is 10.1. The molecule has 0 amide bonds. The summed E-state index contributed by atoms with van der Waals surface area (Å²) in [5, 5.41) is 4.42. The SMILES string of the molecule is CCOC(=O)c1cnn(-c2c(F)cccc2Cl)c1C1CC1. The number of ether oxygens (including phenoxy) is 1. The highest BCUT2D eigenvalue weighted by atomic mass is 35.5. The second kappa shape index (κ2) is 5.48. The number of hydrogen-bond acceptors (Lipinski definition) is 3. The Morgan fingerprint density at radius 2 is 2.29 bits per heavy atom. The zero-order chi connectivity index (χ0) is 15.0. The highest BCUT2D eigenvalue weighted by Crippen LogP contribution is 2.43. The summed E-state index contributed by atoms with van der Waals surface area (Å²) in [7, 11) is 0. The fraction of sp³-hybridized carbons (Fsp3) is 0.333. The smallest absolute Gasteiger partial charge is 0.341 e. The lowest BCUT2D eigenvalue weighted by molar-refractivity contribution is 0.0525. The molecule has 1 aliphatic rings. The topological polar surface area (TPSA) is 44.1 Å². The largest absolute Gasteiger partial charge is 0.462 e. The summed E-state index contributed by atoms with van der Waals surface area (Å²) < 4.78 is 20.6. The van der Waals surface area contributed by atoms with Crippen LogP contribution in [0.4, 0.5) is 4.39 Å². The second-order valence-corrected chi connectivity index (χ2v) is 5.33. The Hall–Kier alpha value is -1.88. The van der Waals surface area contributed by atoms with Crippen LogP contribution in [0.3, 0.4) is 0 Å². The number of hydrogen-bond donors (Lipinski definition) is 0. The van der Waals surface area contributed by atoms with E-state index in [9.17, 15) is 9.18 Å². The molecule has 3 rings (SSSR count). The van der Waals surface area contributed by atoms with Crippen LogP contribution in [0.1, 0.15) is 41.7 Å². The van der Waals surface area contributed by atoms with Crippen LogP contribution < -0.4 is 0 Å². The molecular weight excluding hydrogens is 295 g/mol. The molecule has 0 bridgehead atoms. The van der Waals surface area contributed by atoms with E-state index in [0.717, 1.165) is 12.8 Å². The molecule has 4 nitrogen and oxygen atoms in total. The molecule has 0 radical (unpaired) electrons. The first-order valence-electron chi connectivity index (χ1n) is 6.83. The monoisotopic (exact) mass is 308 g/mol. The normalized spacial score (nSPS) is 14.2. The van der Waals surface area contributed by atoms with Crippen molar-refractivity contribution in [3.05, 3.63) is 46.5 Å². The van der Waals surface area contributed by atoms with Gasteiger partial charge in [0.1, 0.15) is 17.1 Å². The van der Waals surface area contributed by atoms with Crippen LogP contribution in [0.2, 0.25) is 5.02 Å². The molecule has 1 saturated carbocycles. The Morgan fingerprint density at radius 1 is 1.52 bits per heavy atom. The third kappa shape index (κ3) is 2.53. The Kier molecular flexibility index (Phi) is 3.68. The van der Waals surface area contributed by atoms with Crippen LogP contribution >= 0.6 is 11.6 Å². The maximum absolute atomic E-state index is 14.1. The first-order valence-corrected chi connectivity index (χ1v) is 7.20. The molecule has 0 unspecified atom stereocenters. The van der Waals surface area contributed by atoms with Gasteiger partial charge in [0, 0.05) is 5.92 Å². The van der Waals surface area contributed by atoms with Gasteiger partial charge in [-0.15, -0.1) is 0 Å². The van der Waals surface area contributed by atoms with Gasteiger partial charge in [0.2, 0.25) is 0 Å². The molecule has 0 aliphatic heterocycles. The van der Waals surface area contributed by atoms with Gasteiger partial charge >= 0.3 is 5.97 Å². The lowest BCUT2D eigenvalue weighted by atomic mass is 10.1. The van der Waals surface area contributed by atoms with E-state index in [1.165, 1.54) is 23.0 Å². The lowest BCUT2D eigenvalue weighted by Gasteiger charge is -2.11. The maximum Gasteiger partial charge on any atom is 0.341 e. The van der Waals surface area contributed by atoms with Gasteiger partial charge in [0.25, 0.3) is 0 Å². The van der Waals surface area contributed by atoms with Gasteiger partial charge in [0.05, 0.1) is 23.5 Å². The molecule has 0 atom stereocenters. The molecule has 1 aromatic heterocycles. The second-order valence-electron chi connectivity index (χ2n) is 4.92. The summed E-state index contributed by atoms with van der Waals surface area (Å²) in [6, 6.07) is 4.46. The molecule has 2 aromatic rings. The molecule has 1 aromatic carbocycles. The minimum absolute atomic E-state index is 0.177. The van der Waals surface area contributed by atoms with E-state index in [1.54, 1.807) is 13.0 Å². The summed E-state index contributed by atoms with van der Waals surface area (Å²) in [5.74, 6) is -0.705. The summed E-state index contributed by atoms with van der Waals surface area (Å²) in [6.45, 7) is 2.03. The number of carbonyl (C=O) groups is 1. The van der Waals surface area contributed by atoms with E-state index in [2.05, 4.69) is 5.10 Å². The summed E-state index contributed by atoms with van der Waals surface area (Å²) in [5.41, 5.74) is 1.25. The fourth-order valence-electron chi connectivity index (χ4n) is 2.34. The Bertz CT molecular complexity index is 675. The number of nitrogens with zero attached hydrogens (tertiary/aromatic N) is 2. The van der Waals surface area contributed by atoms with Crippen molar-refractivity contribution in [1.82, 2.24) is 9.78 Å². The van der Waals surface area contributed by atoms with Gasteiger partial charge in [-0.05, 0) is 31.9 Å². The van der Waals surface area contributed by atoms with Gasteiger partial charge in [-0.25, -0.2) is 13.9 Å². The van der Waals surface area contributed by atoms with Crippen molar-refractivity contribution in [3.8, 4) is 5.69 Å². The number of carbonyl (C=O) groups excluding carboxylic acids is 1. The first kappa shape index (κ1) is 14.1. The Morgan fingerprint density at radius 3 is 2.90 bits per heavy atom. The van der Waals surface area contributed by atoms with Crippen molar-refractivity contribution in [2.75, 3.05) is 6.61 Å². The van der Waals surface area contributed by atoms with Gasteiger partial charge in [-0.2, -0.15) is 5.10 Å². The number of esters is 1. The third-order valence-corrected chi connectivity index (χ3v) is 3.72. The van der Waals surface area contributed by atoms with Crippen molar-refractivity contribution in [2.45, 2.75) is 25.7 Å². The molecule has 110 valence electrons. The van der Waals surface area contributed by atoms with E-state index in [4.69, 9.17) is 16.3 Å². The van der Waals surface area contributed by atoms with E-state index in [-0.39, 0.29) is 23.2 Å². The number of aromatic nitrogens is 2. The van der Waals surface area contributed by atoms with E-state index in [1.807, 2.05) is 0 Å². The van der Waals surface area contributed by atoms with Crippen molar-refractivity contribution < 1.29 is 13.9 Å². The highest BCUT2D eigenvalue weighted by molar-refractivity contribution is 6.32. The fourth-order valence-corrected chi connectivity index (χ4v) is 2.59. The molecule has 1 aliphatic carbocycles. The van der Waals surface area contributed by atoms with Crippen LogP contribution in [0.25, 0.3) is 5.69 Å². The van der Waals surface area contributed by atoms with E-state index < -0.39 is 11.8 Å². The van der Waals surface area contributed by atoms with Crippen molar-refractivity contribution >= 4 is 17.6 Å². The molecular formula is C15H14ClFN2O2. The highest BCUT2D eigenvalue weighted by Gasteiger charge is 2.34. The predicted octanol–water partition coefficient (Wildman–Crippen LogP) is 3.72. The number of halogens is 2. The van der Waals surface area contributed by atoms with Crippen molar-refractivity contribution in [1.29, 1.82) is 0 Å². The van der Waals surface area contributed by atoms with Crippen LogP contribution in [0.15, 0.2) is 24.4 Å². The third-order valence-electron chi connectivity index (χ3n) is 3.42. The van der Waals surface area contributed by atoms with Gasteiger partial charge < -0.3 is 4.74 Å². The summed E-state index contributed by atoms with van der Waals surface area (Å²) in [6.07, 6.45) is 3.32. The average Bonchev–Trinajstić information content (AvgIpc) is 3.19. The van der Waals surface area contributed by atoms with E-state index in [0.29, 0.717) is 11.3 Å². The number of benzene rings is 1. The van der Waals surface area contributed by atoms with Crippen molar-refractivity contribution in [2.24, 2.45) is 0 Å². The molecule has 21 heavy (non-hydrogen) atoms. The molecule has 0 spiro atoms. The molecule has 0 saturated heterocycles. The van der Waals surface area contributed by atoms with E-state index >= 15 is 0 Å². The van der Waals surface area contributed by atoms with Crippen LogP contribution in [-0.2, 0) is 4.74 Å². The Labute approximate surface area is 126 Å². The molecule has 1 heterocycles. The van der Waals surface area contributed by atoms with Gasteiger partial charge in [-0.1, -0.05) is 17.7 Å². The summed E-state index contributed by atoms with van der Waals surface area (Å²) >= 11 is 6.09. The maximum atomic E-state index is 14.1. The van der Waals surface area contributed by atoms with Gasteiger partial charge in [-0.3, -0.25) is 0 Å². The average molecular weight is 309 g/mol. The van der Waals surface area contributed by atoms with Crippen LogP contribution in [0, 0.1) is 5.82 Å². The summed E-state index contributed by atoms with van der Waals surface area (Å²) in [4.78, 5) is 12.0. The van der Waals surface area contributed by atoms with Gasteiger partial charge in [0.15, 0.2) is 0 Å². The van der Waals surface area contributed by atoms with Crippen LogP contribution in [-0.4, -0.2) is 22.4 Å². The lowest BCUT2D eigenvalue weighted by Crippen LogP contribution is -2.10. The van der Waals surface area contributed by atoms with Crippen LogP contribution in [0.5, 0.6) is 0 Å². The minimum atomic E-state index is -0.470. The molecule has 6 heteroatoms. The predicted molar refractivity (Wildman–Crippen MR) is 76.5 cm³/mol. The number of rotatable bonds is 4. The van der Waals surface area contributed by atoms with Crippen molar-refractivity contribution in [3.63, 3.8) is 0 Å². The molecule has 1 fully saturated rings. The standard InChI is InChI=1S/C15H14ClFN2O2/c1-2-21-15(20)10-8-18-19(13(10)9-6-7-9)14-11(16)4-3-5-12(14)17/h3-5,8-9H,2,6-7H2,1H3. The number of para-hydroxylation sites is 1. The minimum Gasteiger partial charge on any atom is -0.462 e. The Balaban J connectivity index is 2.14.